The van der Waals surface area contributed by atoms with Crippen molar-refractivity contribution in [1.29, 1.82) is 0 Å². The summed E-state index contributed by atoms with van der Waals surface area (Å²) in [6, 6.07) is 1.51. The molecule has 0 N–H and O–H groups in total. The Hall–Kier alpha value is -1.60. The van der Waals surface area contributed by atoms with E-state index in [0.717, 1.165) is 7.11 Å². The molecule has 1 rings (SSSR count). The third-order valence-electron chi connectivity index (χ3n) is 2.03. The lowest BCUT2D eigenvalue weighted by molar-refractivity contribution is 0.0600. The zero-order chi connectivity index (χ0) is 13.2. The summed E-state index contributed by atoms with van der Waals surface area (Å²) < 4.78 is 66.3. The maximum atomic E-state index is 12.4. The van der Waals surface area contributed by atoms with Crippen molar-refractivity contribution in [2.45, 2.75) is 6.43 Å². The highest BCUT2D eigenvalue weighted by Crippen LogP contribution is 2.21. The smallest absolute Gasteiger partial charge is 0.465 e. The fraction of sp³-hybridized carbons (Fsp3) is 0.222. The SMILES string of the molecule is COC(=O)c1cc(C(F)F)cc([B-](F)(F)F)c1. The number of alkyl halides is 2. The van der Waals surface area contributed by atoms with Crippen LogP contribution in [-0.4, -0.2) is 20.1 Å². The fourth-order valence-electron chi connectivity index (χ4n) is 1.23. The van der Waals surface area contributed by atoms with E-state index in [9.17, 15) is 26.5 Å². The number of hydrogen-bond donors (Lipinski definition) is 0. The van der Waals surface area contributed by atoms with E-state index in [4.69, 9.17) is 0 Å². The van der Waals surface area contributed by atoms with Crippen LogP contribution in [0.3, 0.4) is 0 Å². The minimum absolute atomic E-state index is 0.330. The molecule has 0 aliphatic heterocycles. The zero-order valence-electron chi connectivity index (χ0n) is 8.59. The van der Waals surface area contributed by atoms with Gasteiger partial charge in [0.05, 0.1) is 12.7 Å². The van der Waals surface area contributed by atoms with Gasteiger partial charge in [-0.15, -0.1) is 5.46 Å². The van der Waals surface area contributed by atoms with Crippen molar-refractivity contribution in [2.75, 3.05) is 7.11 Å². The second-order valence-corrected chi connectivity index (χ2v) is 3.26. The van der Waals surface area contributed by atoms with Gasteiger partial charge in [-0.1, -0.05) is 12.1 Å². The van der Waals surface area contributed by atoms with Crippen molar-refractivity contribution in [3.05, 3.63) is 29.3 Å². The average Bonchev–Trinajstić information content (AvgIpc) is 2.26. The van der Waals surface area contributed by atoms with Crippen molar-refractivity contribution >= 4 is 18.4 Å². The summed E-state index contributed by atoms with van der Waals surface area (Å²) in [7, 11) is 0.954. The Balaban J connectivity index is 3.34. The molecule has 1 aromatic carbocycles. The van der Waals surface area contributed by atoms with Crippen molar-refractivity contribution in [3.8, 4) is 0 Å². The van der Waals surface area contributed by atoms with E-state index < -0.39 is 36.0 Å². The minimum atomic E-state index is -5.45. The number of ether oxygens (including phenoxy) is 1. The monoisotopic (exact) mass is 253 g/mol. The van der Waals surface area contributed by atoms with E-state index >= 15 is 0 Å². The van der Waals surface area contributed by atoms with Gasteiger partial charge in [0.25, 0.3) is 6.43 Å². The van der Waals surface area contributed by atoms with Crippen LogP contribution in [0.15, 0.2) is 18.2 Å². The molecular formula is C9H7BF5O2-. The van der Waals surface area contributed by atoms with Crippen LogP contribution in [0.5, 0.6) is 0 Å². The first-order chi connectivity index (χ1) is 7.75. The van der Waals surface area contributed by atoms with Gasteiger partial charge in [0.2, 0.25) is 0 Å². The number of methoxy groups -OCH3 is 1. The van der Waals surface area contributed by atoms with Gasteiger partial charge in [-0.05, 0) is 6.07 Å². The van der Waals surface area contributed by atoms with Crippen molar-refractivity contribution in [2.24, 2.45) is 0 Å². The van der Waals surface area contributed by atoms with Crippen LogP contribution in [0.25, 0.3) is 0 Å². The quantitative estimate of drug-likeness (QED) is 0.469. The Morgan fingerprint density at radius 2 is 1.82 bits per heavy atom. The first kappa shape index (κ1) is 13.5. The third-order valence-corrected chi connectivity index (χ3v) is 2.03. The molecule has 1 aromatic rings. The molecule has 0 aliphatic carbocycles. The van der Waals surface area contributed by atoms with Crippen molar-refractivity contribution in [3.63, 3.8) is 0 Å². The van der Waals surface area contributed by atoms with Gasteiger partial charge < -0.3 is 17.7 Å². The van der Waals surface area contributed by atoms with Crippen LogP contribution >= 0.6 is 0 Å². The second-order valence-electron chi connectivity index (χ2n) is 3.26. The molecule has 0 saturated carbocycles. The molecule has 0 saturated heterocycles. The molecule has 0 atom stereocenters. The molecule has 0 spiro atoms. The Morgan fingerprint density at radius 3 is 2.24 bits per heavy atom. The second kappa shape index (κ2) is 4.73. The summed E-state index contributed by atoms with van der Waals surface area (Å²) >= 11 is 0. The van der Waals surface area contributed by atoms with Crippen LogP contribution in [-0.2, 0) is 4.74 Å². The fourth-order valence-corrected chi connectivity index (χ4v) is 1.23. The average molecular weight is 253 g/mol. The summed E-state index contributed by atoms with van der Waals surface area (Å²) in [6.07, 6.45) is -3.09. The van der Waals surface area contributed by atoms with Gasteiger partial charge in [-0.25, -0.2) is 13.6 Å². The number of rotatable bonds is 3. The predicted molar refractivity (Wildman–Crippen MR) is 51.5 cm³/mol. The lowest BCUT2D eigenvalue weighted by Gasteiger charge is -2.17. The van der Waals surface area contributed by atoms with Crippen LogP contribution in [0, 0.1) is 0 Å². The number of esters is 1. The number of halogens is 5. The van der Waals surface area contributed by atoms with Gasteiger partial charge in [0.15, 0.2) is 0 Å². The Kier molecular flexibility index (Phi) is 3.74. The van der Waals surface area contributed by atoms with Crippen LogP contribution in [0.1, 0.15) is 22.3 Å². The topological polar surface area (TPSA) is 26.3 Å². The van der Waals surface area contributed by atoms with Crippen LogP contribution in [0.4, 0.5) is 21.7 Å². The van der Waals surface area contributed by atoms with Crippen LogP contribution < -0.4 is 5.46 Å². The van der Waals surface area contributed by atoms with E-state index in [-0.39, 0.29) is 0 Å². The predicted octanol–water partition coefficient (Wildman–Crippen LogP) is 2.47. The normalized spacial score (nSPS) is 11.7. The van der Waals surface area contributed by atoms with Gasteiger partial charge >= 0.3 is 12.9 Å². The summed E-state index contributed by atoms with van der Waals surface area (Å²) in [4.78, 5) is 11.0. The lowest BCUT2D eigenvalue weighted by atomic mass is 9.78. The zero-order valence-corrected chi connectivity index (χ0v) is 8.59. The standard InChI is InChI=1S/C9H7BF5O2/c1-17-9(16)6-2-5(8(11)12)3-7(4-6)10(13,14)15/h2-4,8H,1H3/q-1. The number of benzene rings is 1. The largest absolute Gasteiger partial charge is 0.509 e. The van der Waals surface area contributed by atoms with Gasteiger partial charge in [0, 0.05) is 5.56 Å². The van der Waals surface area contributed by atoms with E-state index in [1.54, 1.807) is 0 Å². The van der Waals surface area contributed by atoms with E-state index in [1.807, 2.05) is 0 Å². The molecule has 2 nitrogen and oxygen atoms in total. The molecule has 17 heavy (non-hydrogen) atoms. The van der Waals surface area contributed by atoms with Crippen LogP contribution in [0.2, 0.25) is 0 Å². The van der Waals surface area contributed by atoms with E-state index in [0.29, 0.717) is 18.2 Å². The van der Waals surface area contributed by atoms with Crippen molar-refractivity contribution in [1.82, 2.24) is 0 Å². The van der Waals surface area contributed by atoms with Gasteiger partial charge in [-0.3, -0.25) is 0 Å². The number of carbonyl (C=O) groups is 1. The molecule has 0 aliphatic rings. The maximum Gasteiger partial charge on any atom is 0.509 e. The van der Waals surface area contributed by atoms with Gasteiger partial charge in [0.1, 0.15) is 0 Å². The number of carbonyl (C=O) groups excluding carboxylic acids is 1. The number of hydrogen-bond acceptors (Lipinski definition) is 2. The molecule has 94 valence electrons. The molecule has 0 bridgehead atoms. The van der Waals surface area contributed by atoms with Crippen molar-refractivity contribution < 1.29 is 31.3 Å². The van der Waals surface area contributed by atoms with E-state index in [1.165, 1.54) is 0 Å². The van der Waals surface area contributed by atoms with E-state index in [2.05, 4.69) is 4.74 Å². The first-order valence-corrected chi connectivity index (χ1v) is 4.47. The molecule has 8 heteroatoms. The highest BCUT2D eigenvalue weighted by atomic mass is 19.4. The molecule has 0 fully saturated rings. The molecule has 0 radical (unpaired) electrons. The minimum Gasteiger partial charge on any atom is -0.465 e. The highest BCUT2D eigenvalue weighted by molar-refractivity contribution is 6.73. The summed E-state index contributed by atoms with van der Waals surface area (Å²) in [5.74, 6) is -1.09. The Labute approximate surface area is 93.4 Å². The maximum absolute atomic E-state index is 12.4. The molecule has 0 aromatic heterocycles. The molecule has 0 amide bonds. The third kappa shape index (κ3) is 3.18. The summed E-state index contributed by atoms with van der Waals surface area (Å²) in [5, 5.41) is 0. The highest BCUT2D eigenvalue weighted by Gasteiger charge is 2.28. The van der Waals surface area contributed by atoms with Gasteiger partial charge in [-0.2, -0.15) is 0 Å². The summed E-state index contributed by atoms with van der Waals surface area (Å²) in [5.41, 5.74) is -2.65. The molecule has 0 unspecified atom stereocenters. The first-order valence-electron chi connectivity index (χ1n) is 4.47. The Morgan fingerprint density at radius 1 is 1.24 bits per heavy atom. The Bertz CT molecular complexity index is 430. The lowest BCUT2D eigenvalue weighted by Crippen LogP contribution is -2.35. The molecule has 0 heterocycles. The summed E-state index contributed by atoms with van der Waals surface area (Å²) in [6.45, 7) is -5.45. The molecular weight excluding hydrogens is 246 g/mol.